The molecule has 1 aromatic rings. The van der Waals surface area contributed by atoms with Crippen LogP contribution in [0.3, 0.4) is 0 Å². The van der Waals surface area contributed by atoms with Gasteiger partial charge in [-0.15, -0.1) is 0 Å². The van der Waals surface area contributed by atoms with Gasteiger partial charge in [-0.05, 0) is 45.0 Å². The fraction of sp³-hybridized carbons (Fsp3) is 0.353. The topological polar surface area (TPSA) is 148 Å². The molecule has 4 N–H and O–H groups in total. The monoisotopic (exact) mass is 376 g/mol. The lowest BCUT2D eigenvalue weighted by atomic mass is 10.1. The van der Waals surface area contributed by atoms with E-state index < -0.39 is 47.9 Å². The average Bonchev–Trinajstić information content (AvgIpc) is 2.77. The van der Waals surface area contributed by atoms with E-state index in [0.29, 0.717) is 5.69 Å². The summed E-state index contributed by atoms with van der Waals surface area (Å²) in [6, 6.07) is 5.12. The van der Waals surface area contributed by atoms with Gasteiger partial charge in [0.15, 0.2) is 6.10 Å². The Bertz CT molecular complexity index is 802. The predicted molar refractivity (Wildman–Crippen MR) is 93.5 cm³/mol. The molecule has 0 unspecified atom stereocenters. The van der Waals surface area contributed by atoms with Gasteiger partial charge in [-0.3, -0.25) is 24.1 Å². The second-order valence-electron chi connectivity index (χ2n) is 6.51. The van der Waals surface area contributed by atoms with Crippen molar-refractivity contribution in [1.29, 1.82) is 0 Å². The molecule has 1 aromatic carbocycles. The molecule has 0 aliphatic carbocycles. The Labute approximate surface area is 155 Å². The molecule has 0 aromatic heterocycles. The number of amides is 5. The molecule has 1 heterocycles. The minimum atomic E-state index is -1.16. The number of nitrogens with one attached hydrogen (secondary N) is 2. The highest BCUT2D eigenvalue weighted by atomic mass is 16.5. The summed E-state index contributed by atoms with van der Waals surface area (Å²) in [4.78, 5) is 59.6. The Morgan fingerprint density at radius 1 is 1.22 bits per heavy atom. The maximum Gasteiger partial charge on any atom is 0.327 e. The normalized spacial score (nSPS) is 16.5. The number of carbonyl (C=O) groups is 5. The fourth-order valence-electron chi connectivity index (χ4n) is 2.34. The van der Waals surface area contributed by atoms with Gasteiger partial charge in [0.2, 0.25) is 5.91 Å². The zero-order chi connectivity index (χ0) is 20.4. The molecule has 1 saturated heterocycles. The number of imide groups is 1. The van der Waals surface area contributed by atoms with E-state index in [1.807, 2.05) is 0 Å². The van der Waals surface area contributed by atoms with E-state index >= 15 is 0 Å². The molecule has 1 aliphatic heterocycles. The van der Waals surface area contributed by atoms with E-state index in [2.05, 4.69) is 10.6 Å². The number of hydrogen-bond acceptors (Lipinski definition) is 6. The van der Waals surface area contributed by atoms with E-state index in [9.17, 15) is 24.0 Å². The van der Waals surface area contributed by atoms with Gasteiger partial charge < -0.3 is 21.1 Å². The SMILES string of the molecule is C[C@H](OC(=O)CN1C(=O)NC(C)(C)C1=O)C(=O)Nc1ccc(C(N)=O)cc1. The molecule has 0 saturated carbocycles. The number of esters is 1. The van der Waals surface area contributed by atoms with Crippen LogP contribution in [0.5, 0.6) is 0 Å². The highest BCUT2D eigenvalue weighted by Crippen LogP contribution is 2.16. The fourth-order valence-corrected chi connectivity index (χ4v) is 2.34. The average molecular weight is 376 g/mol. The van der Waals surface area contributed by atoms with E-state index in [4.69, 9.17) is 10.5 Å². The molecule has 144 valence electrons. The van der Waals surface area contributed by atoms with Crippen LogP contribution in [0, 0.1) is 0 Å². The first-order chi connectivity index (χ1) is 12.5. The van der Waals surface area contributed by atoms with Crippen molar-refractivity contribution in [3.05, 3.63) is 29.8 Å². The van der Waals surface area contributed by atoms with Crippen molar-refractivity contribution in [1.82, 2.24) is 10.2 Å². The zero-order valence-corrected chi connectivity index (χ0v) is 15.1. The van der Waals surface area contributed by atoms with Gasteiger partial charge in [0.25, 0.3) is 11.8 Å². The summed E-state index contributed by atoms with van der Waals surface area (Å²) in [5, 5.41) is 4.95. The van der Waals surface area contributed by atoms with Gasteiger partial charge in [-0.2, -0.15) is 0 Å². The maximum atomic E-state index is 12.1. The second kappa shape index (κ2) is 7.44. The summed E-state index contributed by atoms with van der Waals surface area (Å²) < 4.78 is 4.97. The molecule has 0 spiro atoms. The molecule has 0 bridgehead atoms. The summed E-state index contributed by atoms with van der Waals surface area (Å²) in [5.74, 6) is -2.68. The molecule has 10 nitrogen and oxygen atoms in total. The summed E-state index contributed by atoms with van der Waals surface area (Å²) >= 11 is 0. The number of ether oxygens (including phenoxy) is 1. The van der Waals surface area contributed by atoms with E-state index in [1.54, 1.807) is 0 Å². The Morgan fingerprint density at radius 3 is 2.30 bits per heavy atom. The molecule has 2 rings (SSSR count). The molecule has 1 aliphatic rings. The standard InChI is InChI=1S/C17H20N4O6/c1-9(14(24)19-11-6-4-10(5-7-11)13(18)23)27-12(22)8-21-15(25)17(2,3)20-16(21)26/h4-7,9H,8H2,1-3H3,(H2,18,23)(H,19,24)(H,20,26)/t9-/m0/s1. The van der Waals surface area contributed by atoms with Crippen LogP contribution in [0.1, 0.15) is 31.1 Å². The van der Waals surface area contributed by atoms with E-state index in [0.717, 1.165) is 4.90 Å². The minimum absolute atomic E-state index is 0.281. The number of nitrogens with two attached hydrogens (primary N) is 1. The number of carbonyl (C=O) groups excluding carboxylic acids is 5. The van der Waals surface area contributed by atoms with Crippen molar-refractivity contribution in [3.63, 3.8) is 0 Å². The molecule has 10 heteroatoms. The van der Waals surface area contributed by atoms with Gasteiger partial charge in [-0.1, -0.05) is 0 Å². The summed E-state index contributed by atoms with van der Waals surface area (Å²) in [6.45, 7) is 3.77. The van der Waals surface area contributed by atoms with Crippen LogP contribution in [0.2, 0.25) is 0 Å². The van der Waals surface area contributed by atoms with Crippen LogP contribution >= 0.6 is 0 Å². The number of hydrogen-bond donors (Lipinski definition) is 3. The number of anilines is 1. The number of benzene rings is 1. The van der Waals surface area contributed by atoms with Gasteiger partial charge in [-0.25, -0.2) is 4.79 Å². The van der Waals surface area contributed by atoms with Crippen LogP contribution in [0.4, 0.5) is 10.5 Å². The predicted octanol–water partition coefficient (Wildman–Crippen LogP) is -0.0139. The van der Waals surface area contributed by atoms with Crippen LogP contribution in [-0.2, 0) is 19.1 Å². The molecule has 27 heavy (non-hydrogen) atoms. The van der Waals surface area contributed by atoms with Crippen molar-refractivity contribution in [3.8, 4) is 0 Å². The molecule has 5 amide bonds. The summed E-state index contributed by atoms with van der Waals surface area (Å²) in [6.07, 6.45) is -1.16. The van der Waals surface area contributed by atoms with Crippen LogP contribution in [0.25, 0.3) is 0 Å². The summed E-state index contributed by atoms with van der Waals surface area (Å²) in [5.41, 5.74) is 4.69. The third kappa shape index (κ3) is 4.60. The highest BCUT2D eigenvalue weighted by Gasteiger charge is 2.45. The lowest BCUT2D eigenvalue weighted by molar-refractivity contribution is -0.155. The van der Waals surface area contributed by atoms with Gasteiger partial charge in [0, 0.05) is 11.3 Å². The number of rotatable bonds is 6. The van der Waals surface area contributed by atoms with Gasteiger partial charge in [0.1, 0.15) is 12.1 Å². The first-order valence-corrected chi connectivity index (χ1v) is 8.05. The van der Waals surface area contributed by atoms with Gasteiger partial charge in [0.05, 0.1) is 0 Å². The number of primary amides is 1. The molecule has 1 atom stereocenters. The Morgan fingerprint density at radius 2 is 1.81 bits per heavy atom. The Hall–Kier alpha value is -3.43. The zero-order valence-electron chi connectivity index (χ0n) is 15.1. The number of urea groups is 1. The first-order valence-electron chi connectivity index (χ1n) is 8.05. The minimum Gasteiger partial charge on any atom is -0.451 e. The third-order valence-corrected chi connectivity index (χ3v) is 3.85. The van der Waals surface area contributed by atoms with Crippen molar-refractivity contribution in [2.75, 3.05) is 11.9 Å². The largest absolute Gasteiger partial charge is 0.451 e. The Kier molecular flexibility index (Phi) is 5.48. The van der Waals surface area contributed by atoms with Crippen LogP contribution in [-0.4, -0.2) is 52.8 Å². The van der Waals surface area contributed by atoms with Crippen molar-refractivity contribution in [2.45, 2.75) is 32.4 Å². The lowest BCUT2D eigenvalue weighted by Gasteiger charge is -2.17. The number of nitrogens with zero attached hydrogens (tertiary/aromatic N) is 1. The Balaban J connectivity index is 1.90. The van der Waals surface area contributed by atoms with E-state index in [1.165, 1.54) is 45.0 Å². The van der Waals surface area contributed by atoms with Crippen LogP contribution in [0.15, 0.2) is 24.3 Å². The molecular weight excluding hydrogens is 356 g/mol. The summed E-state index contributed by atoms with van der Waals surface area (Å²) in [7, 11) is 0. The van der Waals surface area contributed by atoms with Crippen molar-refractivity contribution >= 4 is 35.4 Å². The van der Waals surface area contributed by atoms with Crippen molar-refractivity contribution in [2.24, 2.45) is 5.73 Å². The highest BCUT2D eigenvalue weighted by molar-refractivity contribution is 6.08. The van der Waals surface area contributed by atoms with Crippen LogP contribution < -0.4 is 16.4 Å². The molecular formula is C17H20N4O6. The second-order valence-corrected chi connectivity index (χ2v) is 6.51. The molecule has 1 fully saturated rings. The van der Waals surface area contributed by atoms with E-state index in [-0.39, 0.29) is 5.56 Å². The third-order valence-electron chi connectivity index (χ3n) is 3.85. The smallest absolute Gasteiger partial charge is 0.327 e. The quantitative estimate of drug-likeness (QED) is 0.470. The lowest BCUT2D eigenvalue weighted by Crippen LogP contribution is -2.42. The first kappa shape index (κ1) is 19.9. The van der Waals surface area contributed by atoms with Gasteiger partial charge >= 0.3 is 12.0 Å². The maximum absolute atomic E-state index is 12.1. The molecule has 0 radical (unpaired) electrons. The van der Waals surface area contributed by atoms with Crippen molar-refractivity contribution < 1.29 is 28.7 Å².